The summed E-state index contributed by atoms with van der Waals surface area (Å²) in [6.07, 6.45) is -0.850. The molecular weight excluding hydrogens is 246 g/mol. The lowest BCUT2D eigenvalue weighted by atomic mass is 9.93. The van der Waals surface area contributed by atoms with Crippen molar-refractivity contribution in [3.8, 4) is 5.75 Å². The van der Waals surface area contributed by atoms with Crippen LogP contribution in [0, 0.1) is 0 Å². The van der Waals surface area contributed by atoms with E-state index in [9.17, 15) is 0 Å². The molecule has 1 aliphatic rings. The van der Waals surface area contributed by atoms with Crippen molar-refractivity contribution in [2.75, 3.05) is 13.5 Å². The van der Waals surface area contributed by atoms with Gasteiger partial charge in [0.05, 0.1) is 0 Å². The lowest BCUT2D eigenvalue weighted by Gasteiger charge is -2.10. The van der Waals surface area contributed by atoms with Crippen molar-refractivity contribution in [1.29, 1.82) is 0 Å². The van der Waals surface area contributed by atoms with E-state index in [2.05, 4.69) is 5.32 Å². The first kappa shape index (κ1) is 8.98. The highest BCUT2D eigenvalue weighted by molar-refractivity contribution is 5.84. The first-order chi connectivity index (χ1) is 11.4. The van der Waals surface area contributed by atoms with E-state index in [0.29, 0.717) is 17.9 Å². The fourth-order valence-electron chi connectivity index (χ4n) is 2.36. The van der Waals surface area contributed by atoms with E-state index in [1.54, 1.807) is 0 Å². The van der Waals surface area contributed by atoms with Crippen molar-refractivity contribution in [3.63, 3.8) is 0 Å². The summed E-state index contributed by atoms with van der Waals surface area (Å²) in [5.41, 5.74) is 3.21. The van der Waals surface area contributed by atoms with Gasteiger partial charge in [-0.05, 0) is 42.7 Å². The summed E-state index contributed by atoms with van der Waals surface area (Å²) in [5.74, 6) is 0.667. The first-order valence-corrected chi connectivity index (χ1v) is 6.58. The summed E-state index contributed by atoms with van der Waals surface area (Å²) in [4.78, 5) is 0. The Labute approximate surface area is 125 Å². The zero-order valence-corrected chi connectivity index (χ0v) is 11.3. The molecule has 1 N–H and O–H groups in total. The summed E-state index contributed by atoms with van der Waals surface area (Å²) < 4.78 is 38.2. The molecule has 2 aromatic carbocycles. The van der Waals surface area contributed by atoms with E-state index in [1.807, 2.05) is 48.5 Å². The van der Waals surface area contributed by atoms with E-state index in [-0.39, 0.29) is 0 Å². The van der Waals surface area contributed by atoms with Gasteiger partial charge >= 0.3 is 0 Å². The maximum absolute atomic E-state index is 8.23. The molecule has 2 nitrogen and oxygen atoms in total. The molecule has 0 saturated carbocycles. The van der Waals surface area contributed by atoms with Crippen LogP contribution >= 0.6 is 0 Å². The van der Waals surface area contributed by atoms with Gasteiger partial charge in [-0.2, -0.15) is 0 Å². The van der Waals surface area contributed by atoms with E-state index >= 15 is 0 Å². The lowest BCUT2D eigenvalue weighted by molar-refractivity contribution is 0.307. The molecule has 0 bridgehead atoms. The van der Waals surface area contributed by atoms with Crippen molar-refractivity contribution in [1.82, 2.24) is 5.32 Å². The van der Waals surface area contributed by atoms with Crippen molar-refractivity contribution >= 4 is 5.57 Å². The summed E-state index contributed by atoms with van der Waals surface area (Å²) in [6.45, 7) is -1.80. The predicted octanol–water partition coefficient (Wildman–Crippen LogP) is 3.62. The number of benzene rings is 2. The summed E-state index contributed by atoms with van der Waals surface area (Å²) in [5, 5.41) is 2.42. The second-order valence-corrected chi connectivity index (χ2v) is 4.52. The van der Waals surface area contributed by atoms with Crippen LogP contribution in [0.15, 0.2) is 54.6 Å². The van der Waals surface area contributed by atoms with Crippen molar-refractivity contribution in [2.45, 2.75) is 13.0 Å². The van der Waals surface area contributed by atoms with Crippen LogP contribution in [0.5, 0.6) is 5.75 Å². The van der Waals surface area contributed by atoms with E-state index in [1.165, 1.54) is 13.1 Å². The van der Waals surface area contributed by atoms with Crippen LogP contribution in [0.4, 0.5) is 0 Å². The third kappa shape index (κ3) is 2.47. The second kappa shape index (κ2) is 5.93. The zero-order valence-electron chi connectivity index (χ0n) is 15.3. The normalized spacial score (nSPS) is 19.6. The molecule has 0 aliphatic carbocycles. The summed E-state index contributed by atoms with van der Waals surface area (Å²) >= 11 is 0. The number of hydrogen-bond donors (Lipinski definition) is 1. The number of hydrogen-bond acceptors (Lipinski definition) is 2. The average Bonchev–Trinajstić information content (AvgIpc) is 2.72. The van der Waals surface area contributed by atoms with Crippen LogP contribution in [0.1, 0.15) is 28.5 Å². The molecule has 0 amide bonds. The largest absolute Gasteiger partial charge is 0.488 e. The standard InChI is InChI=1S/C18H19NO/c1-19-12-6-10-16-15-8-3-2-7-14(15)13-20-18-11-5-4-9-17(16)18/h2-5,7-11,19H,6,12-13H2,1H3/i6D2,12D2. The average molecular weight is 269 g/mol. The zero-order chi connectivity index (χ0) is 17.4. The highest BCUT2D eigenvalue weighted by Gasteiger charge is 2.17. The molecule has 0 aromatic heterocycles. The number of fused-ring (bicyclic) bond motifs is 2. The minimum absolute atomic E-state index is 0.395. The molecule has 0 unspecified atom stereocenters. The molecular formula is C18H19NO. The highest BCUT2D eigenvalue weighted by atomic mass is 16.5. The smallest absolute Gasteiger partial charge is 0.127 e. The van der Waals surface area contributed by atoms with Gasteiger partial charge < -0.3 is 10.1 Å². The summed E-state index contributed by atoms with van der Waals surface area (Å²) in [7, 11) is 1.41. The molecule has 0 atom stereocenters. The fraction of sp³-hybridized carbons (Fsp3) is 0.222. The Morgan fingerprint density at radius 1 is 1.15 bits per heavy atom. The third-order valence-corrected chi connectivity index (χ3v) is 3.28. The fourth-order valence-corrected chi connectivity index (χ4v) is 2.36. The molecule has 2 heteroatoms. The Bertz CT molecular complexity index is 737. The third-order valence-electron chi connectivity index (χ3n) is 3.28. The molecule has 0 saturated heterocycles. The molecule has 0 fully saturated rings. The number of ether oxygens (including phenoxy) is 1. The Morgan fingerprint density at radius 3 is 2.75 bits per heavy atom. The quantitative estimate of drug-likeness (QED) is 0.919. The van der Waals surface area contributed by atoms with Gasteiger partial charge in [0, 0.05) is 11.0 Å². The van der Waals surface area contributed by atoms with Gasteiger partial charge in [-0.15, -0.1) is 0 Å². The van der Waals surface area contributed by atoms with E-state index in [4.69, 9.17) is 10.2 Å². The van der Waals surface area contributed by atoms with Gasteiger partial charge in [0.2, 0.25) is 0 Å². The van der Waals surface area contributed by atoms with Crippen molar-refractivity contribution in [3.05, 3.63) is 71.3 Å². The molecule has 0 spiro atoms. The van der Waals surface area contributed by atoms with Crippen LogP contribution in [0.3, 0.4) is 0 Å². The number of nitrogens with one attached hydrogen (secondary N) is 1. The van der Waals surface area contributed by atoms with Gasteiger partial charge in [0.25, 0.3) is 0 Å². The van der Waals surface area contributed by atoms with E-state index < -0.39 is 12.9 Å². The van der Waals surface area contributed by atoms with Crippen molar-refractivity contribution in [2.24, 2.45) is 0 Å². The maximum atomic E-state index is 8.23. The van der Waals surface area contributed by atoms with Crippen LogP contribution in [-0.4, -0.2) is 13.5 Å². The second-order valence-electron chi connectivity index (χ2n) is 4.52. The topological polar surface area (TPSA) is 21.3 Å². The summed E-state index contributed by atoms with van der Waals surface area (Å²) in [6, 6.07) is 15.1. The minimum Gasteiger partial charge on any atom is -0.488 e. The van der Waals surface area contributed by atoms with Gasteiger partial charge in [0.1, 0.15) is 12.4 Å². The van der Waals surface area contributed by atoms with Crippen molar-refractivity contribution < 1.29 is 10.2 Å². The Balaban J connectivity index is 2.24. The molecule has 0 radical (unpaired) electrons. The Morgan fingerprint density at radius 2 is 1.90 bits per heavy atom. The van der Waals surface area contributed by atoms with Crippen LogP contribution < -0.4 is 10.1 Å². The molecule has 3 rings (SSSR count). The SMILES string of the molecule is [2H]C([2H])(C=C1c2ccccc2COc2ccccc21)C([2H])([2H])NC. The van der Waals surface area contributed by atoms with E-state index in [0.717, 1.165) is 16.7 Å². The predicted molar refractivity (Wildman–Crippen MR) is 82.8 cm³/mol. The first-order valence-electron chi connectivity index (χ1n) is 8.58. The van der Waals surface area contributed by atoms with Gasteiger partial charge in [-0.3, -0.25) is 0 Å². The van der Waals surface area contributed by atoms with Gasteiger partial charge in [-0.1, -0.05) is 48.5 Å². The molecule has 1 aliphatic heterocycles. The monoisotopic (exact) mass is 269 g/mol. The van der Waals surface area contributed by atoms with Crippen LogP contribution in [-0.2, 0) is 6.61 Å². The van der Waals surface area contributed by atoms with Crippen LogP contribution in [0.25, 0.3) is 5.57 Å². The van der Waals surface area contributed by atoms with Gasteiger partial charge in [0.15, 0.2) is 0 Å². The number of rotatable bonds is 3. The Kier molecular flexibility index (Phi) is 2.66. The molecule has 20 heavy (non-hydrogen) atoms. The lowest BCUT2D eigenvalue weighted by Crippen LogP contribution is -2.06. The molecule has 102 valence electrons. The van der Waals surface area contributed by atoms with Gasteiger partial charge in [-0.25, -0.2) is 0 Å². The minimum atomic E-state index is -2.21. The van der Waals surface area contributed by atoms with Crippen LogP contribution in [0.2, 0.25) is 0 Å². The maximum Gasteiger partial charge on any atom is 0.127 e. The highest BCUT2D eigenvalue weighted by Crippen LogP contribution is 2.36. The number of para-hydroxylation sites is 1. The molecule has 1 heterocycles. The molecule has 2 aromatic rings. The Hall–Kier alpha value is -2.06.